The van der Waals surface area contributed by atoms with Crippen LogP contribution < -0.4 is 11.1 Å². The van der Waals surface area contributed by atoms with Crippen molar-refractivity contribution in [1.82, 2.24) is 5.32 Å². The molecule has 0 aliphatic rings. The molecule has 0 aliphatic heterocycles. The minimum absolute atomic E-state index is 0.0986. The number of rotatable bonds is 9. The van der Waals surface area contributed by atoms with Gasteiger partial charge in [-0.3, -0.25) is 9.59 Å². The van der Waals surface area contributed by atoms with Crippen LogP contribution in [0.1, 0.15) is 32.6 Å². The first-order valence-corrected chi connectivity index (χ1v) is 5.72. The van der Waals surface area contributed by atoms with Gasteiger partial charge in [0.15, 0.2) is 0 Å². The Balaban J connectivity index is 3.69. The molecule has 2 atom stereocenters. The van der Waals surface area contributed by atoms with Crippen molar-refractivity contribution in [2.24, 2.45) is 5.73 Å². The van der Waals surface area contributed by atoms with Crippen LogP contribution in [-0.4, -0.2) is 42.8 Å². The maximum Gasteiger partial charge on any atom is 0.306 e. The van der Waals surface area contributed by atoms with Crippen LogP contribution in [-0.2, 0) is 14.3 Å². The summed E-state index contributed by atoms with van der Waals surface area (Å²) in [5.41, 5.74) is 5.56. The van der Waals surface area contributed by atoms with Crippen LogP contribution in [0.5, 0.6) is 0 Å². The van der Waals surface area contributed by atoms with Gasteiger partial charge in [0.2, 0.25) is 5.91 Å². The summed E-state index contributed by atoms with van der Waals surface area (Å²) < 4.78 is 4.94. The van der Waals surface area contributed by atoms with E-state index in [-0.39, 0.29) is 24.9 Å². The fourth-order valence-corrected chi connectivity index (χ4v) is 1.33. The highest BCUT2D eigenvalue weighted by Gasteiger charge is 2.13. The summed E-state index contributed by atoms with van der Waals surface area (Å²) in [4.78, 5) is 21.8. The van der Waals surface area contributed by atoms with Crippen molar-refractivity contribution in [2.45, 2.75) is 44.8 Å². The summed E-state index contributed by atoms with van der Waals surface area (Å²) >= 11 is 0. The third-order valence-electron chi connectivity index (χ3n) is 2.33. The molecule has 6 heteroatoms. The van der Waals surface area contributed by atoms with Crippen LogP contribution in [0.4, 0.5) is 0 Å². The lowest BCUT2D eigenvalue weighted by atomic mass is 10.1. The fourth-order valence-electron chi connectivity index (χ4n) is 1.33. The van der Waals surface area contributed by atoms with E-state index >= 15 is 0 Å². The molecule has 0 aromatic carbocycles. The van der Waals surface area contributed by atoms with Gasteiger partial charge >= 0.3 is 5.97 Å². The first kappa shape index (κ1) is 15.9. The van der Waals surface area contributed by atoms with Crippen LogP contribution in [0.25, 0.3) is 0 Å². The lowest BCUT2D eigenvalue weighted by Gasteiger charge is -2.14. The molecule has 4 N–H and O–H groups in total. The van der Waals surface area contributed by atoms with Crippen molar-refractivity contribution in [3.8, 4) is 0 Å². The first-order chi connectivity index (χ1) is 7.95. The smallest absolute Gasteiger partial charge is 0.306 e. The Kier molecular flexibility index (Phi) is 8.35. The zero-order valence-corrected chi connectivity index (χ0v) is 10.4. The standard InChI is InChI=1S/C11H22N2O4/c1-8(12)4-3-5-10(14)13-7-9(17-2)6-11(15)16/h8-9H,3-7,12H2,1-2H3,(H,13,14)(H,15,16). The van der Waals surface area contributed by atoms with E-state index in [0.29, 0.717) is 6.42 Å². The van der Waals surface area contributed by atoms with Gasteiger partial charge < -0.3 is 20.9 Å². The fraction of sp³-hybridized carbons (Fsp3) is 0.818. The van der Waals surface area contributed by atoms with Crippen molar-refractivity contribution in [1.29, 1.82) is 0 Å². The molecule has 6 nitrogen and oxygen atoms in total. The van der Waals surface area contributed by atoms with Gasteiger partial charge in [0.1, 0.15) is 0 Å². The summed E-state index contributed by atoms with van der Waals surface area (Å²) in [7, 11) is 1.43. The van der Waals surface area contributed by atoms with E-state index < -0.39 is 12.1 Å². The number of nitrogens with two attached hydrogens (primary N) is 1. The number of carboxylic acids is 1. The molecule has 0 saturated carbocycles. The highest BCUT2D eigenvalue weighted by atomic mass is 16.5. The molecule has 0 rings (SSSR count). The zero-order valence-electron chi connectivity index (χ0n) is 10.4. The summed E-state index contributed by atoms with van der Waals surface area (Å²) in [6.45, 7) is 2.12. The number of ether oxygens (including phenoxy) is 1. The molecule has 0 bridgehead atoms. The number of amides is 1. The van der Waals surface area contributed by atoms with Crippen LogP contribution in [0.3, 0.4) is 0 Å². The van der Waals surface area contributed by atoms with Crippen molar-refractivity contribution >= 4 is 11.9 Å². The van der Waals surface area contributed by atoms with Crippen molar-refractivity contribution < 1.29 is 19.4 Å². The SMILES string of the molecule is COC(CNC(=O)CCCC(C)N)CC(=O)O. The molecule has 17 heavy (non-hydrogen) atoms. The van der Waals surface area contributed by atoms with E-state index in [1.54, 1.807) is 0 Å². The van der Waals surface area contributed by atoms with Gasteiger partial charge in [-0.05, 0) is 19.8 Å². The number of carbonyl (C=O) groups is 2. The molecule has 0 fully saturated rings. The Morgan fingerprint density at radius 3 is 2.59 bits per heavy atom. The third-order valence-corrected chi connectivity index (χ3v) is 2.33. The topological polar surface area (TPSA) is 102 Å². The van der Waals surface area contributed by atoms with Crippen molar-refractivity contribution in [3.63, 3.8) is 0 Å². The number of carbonyl (C=O) groups excluding carboxylic acids is 1. The zero-order chi connectivity index (χ0) is 13.3. The summed E-state index contributed by atoms with van der Waals surface area (Å²) in [6.07, 6.45) is 1.35. The van der Waals surface area contributed by atoms with Crippen molar-refractivity contribution in [2.75, 3.05) is 13.7 Å². The average molecular weight is 246 g/mol. The Morgan fingerprint density at radius 2 is 2.12 bits per heavy atom. The molecule has 0 saturated heterocycles. The minimum atomic E-state index is -0.942. The second kappa shape index (κ2) is 8.95. The van der Waals surface area contributed by atoms with Gasteiger partial charge in [-0.2, -0.15) is 0 Å². The Bertz CT molecular complexity index is 244. The second-order valence-corrected chi connectivity index (χ2v) is 4.13. The Labute approximate surface area is 102 Å². The van der Waals surface area contributed by atoms with Gasteiger partial charge in [0.25, 0.3) is 0 Å². The number of carboxylic acid groups (broad SMARTS) is 1. The molecule has 0 aromatic heterocycles. The minimum Gasteiger partial charge on any atom is -0.481 e. The van der Waals surface area contributed by atoms with Crippen molar-refractivity contribution in [3.05, 3.63) is 0 Å². The molecule has 0 radical (unpaired) electrons. The molecule has 2 unspecified atom stereocenters. The van der Waals surface area contributed by atoms with Crippen LogP contribution >= 0.6 is 0 Å². The summed E-state index contributed by atoms with van der Waals surface area (Å²) in [5, 5.41) is 11.2. The van der Waals surface area contributed by atoms with E-state index in [0.717, 1.165) is 12.8 Å². The highest BCUT2D eigenvalue weighted by Crippen LogP contribution is 1.99. The predicted octanol–water partition coefficient (Wildman–Crippen LogP) is 0.110. The number of methoxy groups -OCH3 is 1. The second-order valence-electron chi connectivity index (χ2n) is 4.13. The van der Waals surface area contributed by atoms with Gasteiger partial charge in [0.05, 0.1) is 12.5 Å². The van der Waals surface area contributed by atoms with Crippen LogP contribution in [0.15, 0.2) is 0 Å². The Hall–Kier alpha value is -1.14. The maximum absolute atomic E-state index is 11.4. The largest absolute Gasteiger partial charge is 0.481 e. The van der Waals surface area contributed by atoms with Crippen LogP contribution in [0, 0.1) is 0 Å². The number of hydrogen-bond acceptors (Lipinski definition) is 4. The van der Waals surface area contributed by atoms with Crippen LogP contribution in [0.2, 0.25) is 0 Å². The number of nitrogens with one attached hydrogen (secondary N) is 1. The first-order valence-electron chi connectivity index (χ1n) is 5.72. The molecule has 100 valence electrons. The predicted molar refractivity (Wildman–Crippen MR) is 63.6 cm³/mol. The number of hydrogen-bond donors (Lipinski definition) is 3. The van der Waals surface area contributed by atoms with E-state index in [9.17, 15) is 9.59 Å². The molecular weight excluding hydrogens is 224 g/mol. The molecule has 0 aromatic rings. The summed E-state index contributed by atoms with van der Waals surface area (Å²) in [5.74, 6) is -1.04. The number of aliphatic carboxylic acids is 1. The lowest BCUT2D eigenvalue weighted by molar-refractivity contribution is -0.140. The molecule has 0 aliphatic carbocycles. The monoisotopic (exact) mass is 246 g/mol. The van der Waals surface area contributed by atoms with Gasteiger partial charge in [-0.1, -0.05) is 0 Å². The van der Waals surface area contributed by atoms with E-state index in [1.807, 2.05) is 6.92 Å². The molecule has 1 amide bonds. The normalized spacial score (nSPS) is 14.1. The highest BCUT2D eigenvalue weighted by molar-refractivity contribution is 5.76. The quantitative estimate of drug-likeness (QED) is 0.536. The summed E-state index contributed by atoms with van der Waals surface area (Å²) in [6, 6.07) is 0.0986. The van der Waals surface area contributed by atoms with Gasteiger partial charge in [0, 0.05) is 26.1 Å². The molecule has 0 heterocycles. The Morgan fingerprint density at radius 1 is 1.47 bits per heavy atom. The molecule has 0 spiro atoms. The average Bonchev–Trinajstić information content (AvgIpc) is 2.23. The molecular formula is C11H22N2O4. The third kappa shape index (κ3) is 9.77. The van der Waals surface area contributed by atoms with E-state index in [2.05, 4.69) is 5.32 Å². The van der Waals surface area contributed by atoms with Gasteiger partial charge in [-0.25, -0.2) is 0 Å². The van der Waals surface area contributed by atoms with E-state index in [1.165, 1.54) is 7.11 Å². The van der Waals surface area contributed by atoms with E-state index in [4.69, 9.17) is 15.6 Å². The van der Waals surface area contributed by atoms with Gasteiger partial charge in [-0.15, -0.1) is 0 Å². The maximum atomic E-state index is 11.4. The lowest BCUT2D eigenvalue weighted by Crippen LogP contribution is -2.34.